The maximum Gasteiger partial charge on any atom is 0.138 e. The third-order valence-electron chi connectivity index (χ3n) is 3.05. The highest BCUT2D eigenvalue weighted by Crippen LogP contribution is 2.29. The molecule has 2 heteroatoms. The Kier molecular flexibility index (Phi) is 7.84. The summed E-state index contributed by atoms with van der Waals surface area (Å²) in [6, 6.07) is 6.28. The van der Waals surface area contributed by atoms with Crippen LogP contribution in [0.5, 0.6) is 0 Å². The third-order valence-corrected chi connectivity index (χ3v) is 3.05. The minimum atomic E-state index is 0.837. The largest absolute Gasteiger partial charge is 0.460 e. The maximum atomic E-state index is 5.91. The van der Waals surface area contributed by atoms with Crippen molar-refractivity contribution in [1.29, 1.82) is 0 Å². The first-order chi connectivity index (χ1) is 10.7. The Labute approximate surface area is 134 Å². The van der Waals surface area contributed by atoms with Crippen molar-refractivity contribution >= 4 is 17.0 Å². The summed E-state index contributed by atoms with van der Waals surface area (Å²) in [6.07, 6.45) is 13.6. The van der Waals surface area contributed by atoms with E-state index in [4.69, 9.17) is 10.2 Å². The molecular formula is C20H27NO. The Bertz CT molecular complexity index is 660. The van der Waals surface area contributed by atoms with Gasteiger partial charge < -0.3 is 10.2 Å². The van der Waals surface area contributed by atoms with Gasteiger partial charge in [-0.25, -0.2) is 0 Å². The number of para-hydroxylation sites is 1. The summed E-state index contributed by atoms with van der Waals surface area (Å²) in [7, 11) is 0. The van der Waals surface area contributed by atoms with E-state index in [1.807, 2.05) is 32.1 Å². The second-order valence-corrected chi connectivity index (χ2v) is 5.09. The highest BCUT2D eigenvalue weighted by atomic mass is 16.3. The van der Waals surface area contributed by atoms with Crippen LogP contribution < -0.4 is 5.73 Å². The topological polar surface area (TPSA) is 39.2 Å². The van der Waals surface area contributed by atoms with E-state index in [0.717, 1.165) is 17.8 Å². The van der Waals surface area contributed by atoms with Gasteiger partial charge in [-0.2, -0.15) is 0 Å². The molecule has 118 valence electrons. The quantitative estimate of drug-likeness (QED) is 0.728. The molecule has 1 aromatic carbocycles. The number of nitrogens with two attached hydrogens (primary N) is 1. The molecule has 0 aliphatic rings. The number of rotatable bonds is 4. The van der Waals surface area contributed by atoms with Crippen LogP contribution >= 0.6 is 0 Å². The monoisotopic (exact) mass is 297 g/mol. The van der Waals surface area contributed by atoms with Crippen molar-refractivity contribution in [3.05, 3.63) is 65.6 Å². The van der Waals surface area contributed by atoms with Gasteiger partial charge in [0.05, 0.1) is 0 Å². The first-order valence-corrected chi connectivity index (χ1v) is 7.86. The summed E-state index contributed by atoms with van der Waals surface area (Å²) in [4.78, 5) is 0. The Morgan fingerprint density at radius 3 is 2.55 bits per heavy atom. The number of fused-ring (bicyclic) bond motifs is 1. The average Bonchev–Trinajstić information content (AvgIpc) is 2.82. The SMILES string of the molecule is C/C=C\c1c(C)oc2c(C/C=C\C=C/N)cccc12.CCC. The van der Waals surface area contributed by atoms with Crippen molar-refractivity contribution in [3.8, 4) is 0 Å². The molecule has 0 saturated carbocycles. The number of allylic oxidation sites excluding steroid dienone is 4. The molecule has 2 aromatic rings. The zero-order valence-corrected chi connectivity index (χ0v) is 14.1. The lowest BCUT2D eigenvalue weighted by atomic mass is 10.1. The molecule has 0 aliphatic carbocycles. The summed E-state index contributed by atoms with van der Waals surface area (Å²) >= 11 is 0. The molecule has 1 heterocycles. The molecule has 0 atom stereocenters. The number of aryl methyl sites for hydroxylation is 1. The molecule has 1 aromatic heterocycles. The molecule has 0 fully saturated rings. The summed E-state index contributed by atoms with van der Waals surface area (Å²) in [5.74, 6) is 0.964. The first kappa shape index (κ1) is 17.8. The maximum absolute atomic E-state index is 5.91. The van der Waals surface area contributed by atoms with E-state index < -0.39 is 0 Å². The van der Waals surface area contributed by atoms with E-state index in [-0.39, 0.29) is 0 Å². The van der Waals surface area contributed by atoms with Gasteiger partial charge in [-0.05, 0) is 38.1 Å². The minimum absolute atomic E-state index is 0.837. The van der Waals surface area contributed by atoms with E-state index in [9.17, 15) is 0 Å². The fourth-order valence-corrected chi connectivity index (χ4v) is 2.19. The predicted octanol–water partition coefficient (Wildman–Crippen LogP) is 5.76. The first-order valence-electron chi connectivity index (χ1n) is 7.86. The molecule has 0 saturated heterocycles. The predicted molar refractivity (Wildman–Crippen MR) is 97.8 cm³/mol. The Morgan fingerprint density at radius 2 is 1.91 bits per heavy atom. The van der Waals surface area contributed by atoms with Crippen molar-refractivity contribution in [1.82, 2.24) is 0 Å². The third kappa shape index (κ3) is 4.66. The second kappa shape index (κ2) is 9.67. The van der Waals surface area contributed by atoms with E-state index in [0.29, 0.717) is 0 Å². The molecule has 0 amide bonds. The molecule has 0 aliphatic heterocycles. The smallest absolute Gasteiger partial charge is 0.138 e. The van der Waals surface area contributed by atoms with Gasteiger partial charge >= 0.3 is 0 Å². The zero-order valence-electron chi connectivity index (χ0n) is 14.1. The van der Waals surface area contributed by atoms with E-state index >= 15 is 0 Å². The molecule has 2 N–H and O–H groups in total. The van der Waals surface area contributed by atoms with Gasteiger partial charge in [0.25, 0.3) is 0 Å². The molecule has 0 spiro atoms. The Morgan fingerprint density at radius 1 is 1.18 bits per heavy atom. The number of furan rings is 1. The minimum Gasteiger partial charge on any atom is -0.460 e. The van der Waals surface area contributed by atoms with Crippen molar-refractivity contribution in [2.45, 2.75) is 40.5 Å². The summed E-state index contributed by atoms with van der Waals surface area (Å²) < 4.78 is 5.91. The summed E-state index contributed by atoms with van der Waals surface area (Å²) in [5, 5.41) is 1.18. The van der Waals surface area contributed by atoms with Crippen LogP contribution in [-0.4, -0.2) is 0 Å². The Balaban J connectivity index is 0.000000745. The van der Waals surface area contributed by atoms with E-state index in [1.165, 1.54) is 29.1 Å². The second-order valence-electron chi connectivity index (χ2n) is 5.09. The van der Waals surface area contributed by atoms with Gasteiger partial charge in [0, 0.05) is 10.9 Å². The normalized spacial score (nSPS) is 11.6. The number of hydrogen-bond acceptors (Lipinski definition) is 2. The van der Waals surface area contributed by atoms with Crippen LogP contribution in [0.15, 0.2) is 53.1 Å². The molecule has 2 nitrogen and oxygen atoms in total. The van der Waals surface area contributed by atoms with Gasteiger partial charge in [0.2, 0.25) is 0 Å². The van der Waals surface area contributed by atoms with Crippen LogP contribution in [0.3, 0.4) is 0 Å². The zero-order chi connectivity index (χ0) is 16.4. The highest BCUT2D eigenvalue weighted by molar-refractivity contribution is 5.90. The average molecular weight is 297 g/mol. The fraction of sp³-hybridized carbons (Fsp3) is 0.300. The fourth-order valence-electron chi connectivity index (χ4n) is 2.19. The lowest BCUT2D eigenvalue weighted by molar-refractivity contribution is 0.574. The van der Waals surface area contributed by atoms with Crippen LogP contribution in [0.2, 0.25) is 0 Å². The molecule has 22 heavy (non-hydrogen) atoms. The summed E-state index contributed by atoms with van der Waals surface area (Å²) in [6.45, 7) is 8.27. The van der Waals surface area contributed by atoms with Crippen LogP contribution in [-0.2, 0) is 6.42 Å². The van der Waals surface area contributed by atoms with Gasteiger partial charge in [-0.1, -0.05) is 62.8 Å². The van der Waals surface area contributed by atoms with Gasteiger partial charge in [-0.3, -0.25) is 0 Å². The molecule has 2 rings (SSSR count). The van der Waals surface area contributed by atoms with Crippen LogP contribution in [0, 0.1) is 6.92 Å². The molecule has 0 radical (unpaired) electrons. The van der Waals surface area contributed by atoms with Crippen LogP contribution in [0.4, 0.5) is 0 Å². The molecular weight excluding hydrogens is 270 g/mol. The van der Waals surface area contributed by atoms with Crippen LogP contribution in [0.1, 0.15) is 44.1 Å². The van der Waals surface area contributed by atoms with Gasteiger partial charge in [-0.15, -0.1) is 0 Å². The summed E-state index contributed by atoms with van der Waals surface area (Å²) in [5.41, 5.74) is 8.64. The van der Waals surface area contributed by atoms with Crippen molar-refractivity contribution in [2.24, 2.45) is 5.73 Å². The lowest BCUT2D eigenvalue weighted by Crippen LogP contribution is -1.82. The van der Waals surface area contributed by atoms with Gasteiger partial charge in [0.1, 0.15) is 11.3 Å². The van der Waals surface area contributed by atoms with Crippen LogP contribution in [0.25, 0.3) is 17.0 Å². The van der Waals surface area contributed by atoms with Crippen molar-refractivity contribution < 1.29 is 4.42 Å². The number of benzene rings is 1. The van der Waals surface area contributed by atoms with Crippen molar-refractivity contribution in [3.63, 3.8) is 0 Å². The molecule has 0 bridgehead atoms. The standard InChI is InChI=1S/C17H19NO.C3H8/c1-3-8-15-13(2)19-17-14(9-5-4-6-12-18)10-7-11-16(15)17;1-3-2/h3-8,10-12H,9,18H2,1-2H3;3H2,1-2H3/b5-4-,8-3-,12-6-;. The van der Waals surface area contributed by atoms with Crippen molar-refractivity contribution in [2.75, 3.05) is 0 Å². The van der Waals surface area contributed by atoms with E-state index in [2.05, 4.69) is 44.2 Å². The molecule has 0 unspecified atom stereocenters. The van der Waals surface area contributed by atoms with Gasteiger partial charge in [0.15, 0.2) is 0 Å². The lowest BCUT2D eigenvalue weighted by Gasteiger charge is -1.98. The highest BCUT2D eigenvalue weighted by Gasteiger charge is 2.10. The number of hydrogen-bond donors (Lipinski definition) is 1. The van der Waals surface area contributed by atoms with E-state index in [1.54, 1.807) is 0 Å². The Hall–Kier alpha value is -2.22.